The molecule has 0 rings (SSSR count). The number of nitrogens with zero attached hydrogens (tertiary/aromatic N) is 2. The predicted octanol–water partition coefficient (Wildman–Crippen LogP) is 0.892. The first kappa shape index (κ1) is 8.87. The Morgan fingerprint density at radius 2 is 2.40 bits per heavy atom. The van der Waals surface area contributed by atoms with E-state index in [1.807, 2.05) is 0 Å². The van der Waals surface area contributed by atoms with Crippen molar-refractivity contribution in [1.29, 1.82) is 0 Å². The fourth-order valence-electron chi connectivity index (χ4n) is 0.571. The Kier molecular flexibility index (Phi) is 3.38. The number of nitro groups is 1. The quantitative estimate of drug-likeness (QED) is 0.278. The summed E-state index contributed by atoms with van der Waals surface area (Å²) in [5, 5.41) is 21.1. The van der Waals surface area contributed by atoms with Crippen LogP contribution in [0.5, 0.6) is 0 Å². The molecule has 1 atom stereocenters. The van der Waals surface area contributed by atoms with E-state index >= 15 is 0 Å². The molecular formula is C5H10N2O3. The first-order valence-electron chi connectivity index (χ1n) is 2.97. The third-order valence-electron chi connectivity index (χ3n) is 1.29. The van der Waals surface area contributed by atoms with Gasteiger partial charge in [-0.25, -0.2) is 0 Å². The van der Waals surface area contributed by atoms with Crippen molar-refractivity contribution in [3.63, 3.8) is 0 Å². The van der Waals surface area contributed by atoms with Gasteiger partial charge in [-0.1, -0.05) is 12.1 Å². The molecule has 0 spiro atoms. The molecule has 0 aliphatic carbocycles. The lowest BCUT2D eigenvalue weighted by Gasteiger charge is -2.01. The molecule has 0 aromatic rings. The zero-order chi connectivity index (χ0) is 8.15. The average molecular weight is 146 g/mol. The molecule has 0 fully saturated rings. The molecule has 5 heteroatoms. The van der Waals surface area contributed by atoms with Gasteiger partial charge in [0.1, 0.15) is 5.71 Å². The third kappa shape index (κ3) is 2.00. The summed E-state index contributed by atoms with van der Waals surface area (Å²) in [6.07, 6.45) is 0.401. The minimum Gasteiger partial charge on any atom is -0.411 e. The number of rotatable bonds is 3. The summed E-state index contributed by atoms with van der Waals surface area (Å²) in [5.41, 5.74) is 0.199. The monoisotopic (exact) mass is 146 g/mol. The highest BCUT2D eigenvalue weighted by Gasteiger charge is 2.19. The molecule has 0 heterocycles. The van der Waals surface area contributed by atoms with Crippen molar-refractivity contribution in [3.8, 4) is 0 Å². The molecule has 0 aliphatic heterocycles. The van der Waals surface area contributed by atoms with E-state index < -0.39 is 11.0 Å². The lowest BCUT2D eigenvalue weighted by atomic mass is 10.2. The minimum absolute atomic E-state index is 0.199. The van der Waals surface area contributed by atoms with Crippen LogP contribution in [0.25, 0.3) is 0 Å². The van der Waals surface area contributed by atoms with Gasteiger partial charge in [-0.15, -0.1) is 0 Å². The van der Waals surface area contributed by atoms with E-state index in [0.717, 1.165) is 0 Å². The maximum absolute atomic E-state index is 10.1. The smallest absolute Gasteiger partial charge is 0.251 e. The van der Waals surface area contributed by atoms with Crippen molar-refractivity contribution in [2.24, 2.45) is 5.16 Å². The maximum Gasteiger partial charge on any atom is 0.251 e. The normalized spacial score (nSPS) is 14.8. The molecule has 10 heavy (non-hydrogen) atoms. The van der Waals surface area contributed by atoms with Gasteiger partial charge < -0.3 is 5.21 Å². The van der Waals surface area contributed by atoms with Gasteiger partial charge >= 0.3 is 0 Å². The van der Waals surface area contributed by atoms with E-state index in [1.54, 1.807) is 6.92 Å². The van der Waals surface area contributed by atoms with E-state index in [4.69, 9.17) is 5.21 Å². The Labute approximate surface area is 58.5 Å². The largest absolute Gasteiger partial charge is 0.411 e. The molecule has 0 saturated carbocycles. The first-order chi connectivity index (χ1) is 4.63. The van der Waals surface area contributed by atoms with Gasteiger partial charge in [-0.2, -0.15) is 0 Å². The summed E-state index contributed by atoms with van der Waals surface area (Å²) in [6.45, 7) is 3.09. The maximum atomic E-state index is 10.1. The highest BCUT2D eigenvalue weighted by Crippen LogP contribution is 1.96. The molecule has 0 aromatic heterocycles. The van der Waals surface area contributed by atoms with Crippen molar-refractivity contribution in [2.75, 3.05) is 0 Å². The van der Waals surface area contributed by atoms with Crippen LogP contribution >= 0.6 is 0 Å². The van der Waals surface area contributed by atoms with Gasteiger partial charge in [-0.05, 0) is 6.42 Å². The minimum atomic E-state index is -0.880. The van der Waals surface area contributed by atoms with Gasteiger partial charge in [0.15, 0.2) is 0 Å². The van der Waals surface area contributed by atoms with Gasteiger partial charge in [0.05, 0.1) is 0 Å². The van der Waals surface area contributed by atoms with Gasteiger partial charge in [0.25, 0.3) is 6.04 Å². The van der Waals surface area contributed by atoms with Crippen molar-refractivity contribution < 1.29 is 10.1 Å². The summed E-state index contributed by atoms with van der Waals surface area (Å²) >= 11 is 0. The van der Waals surface area contributed by atoms with Crippen LogP contribution in [-0.2, 0) is 0 Å². The summed E-state index contributed by atoms with van der Waals surface area (Å²) in [5.74, 6) is 0. The fraction of sp³-hybridized carbons (Fsp3) is 0.800. The van der Waals surface area contributed by atoms with Crippen LogP contribution in [0.2, 0.25) is 0 Å². The molecule has 1 N–H and O–H groups in total. The second-order valence-corrected chi connectivity index (χ2v) is 1.91. The van der Waals surface area contributed by atoms with E-state index in [9.17, 15) is 10.1 Å². The molecular weight excluding hydrogens is 136 g/mol. The Morgan fingerprint density at radius 1 is 1.90 bits per heavy atom. The second kappa shape index (κ2) is 3.81. The van der Waals surface area contributed by atoms with Crippen LogP contribution in [0.15, 0.2) is 5.16 Å². The van der Waals surface area contributed by atoms with E-state index in [2.05, 4.69) is 5.16 Å². The van der Waals surface area contributed by atoms with Crippen molar-refractivity contribution >= 4 is 5.71 Å². The van der Waals surface area contributed by atoms with Crippen LogP contribution in [0.1, 0.15) is 20.3 Å². The van der Waals surface area contributed by atoms with Crippen molar-refractivity contribution in [2.45, 2.75) is 26.3 Å². The lowest BCUT2D eigenvalue weighted by molar-refractivity contribution is -0.498. The molecule has 0 aliphatic rings. The lowest BCUT2D eigenvalue weighted by Crippen LogP contribution is -2.25. The van der Waals surface area contributed by atoms with Gasteiger partial charge in [0, 0.05) is 11.8 Å². The average Bonchev–Trinajstić information content (AvgIpc) is 1.90. The molecule has 0 bridgehead atoms. The molecule has 58 valence electrons. The predicted molar refractivity (Wildman–Crippen MR) is 36.0 cm³/mol. The molecule has 0 amide bonds. The molecule has 0 saturated heterocycles. The second-order valence-electron chi connectivity index (χ2n) is 1.91. The zero-order valence-corrected chi connectivity index (χ0v) is 5.94. The van der Waals surface area contributed by atoms with Crippen LogP contribution in [0.4, 0.5) is 0 Å². The standard InChI is InChI=1S/C5H10N2O3/c1-3-5(6-8)4(2)7(9)10/h4,8H,3H2,1-2H3/b6-5+. The number of hydrogen-bond acceptors (Lipinski definition) is 4. The Bertz CT molecular complexity index is 155. The fourth-order valence-corrected chi connectivity index (χ4v) is 0.571. The highest BCUT2D eigenvalue weighted by molar-refractivity contribution is 5.87. The van der Waals surface area contributed by atoms with Crippen molar-refractivity contribution in [1.82, 2.24) is 0 Å². The summed E-state index contributed by atoms with van der Waals surface area (Å²) in [6, 6.07) is -0.880. The Hall–Kier alpha value is -1.13. The van der Waals surface area contributed by atoms with Crippen LogP contribution < -0.4 is 0 Å². The SMILES string of the molecule is CC/C(=N\O)C(C)[N+](=O)[O-]. The van der Waals surface area contributed by atoms with Crippen molar-refractivity contribution in [3.05, 3.63) is 10.1 Å². The summed E-state index contributed by atoms with van der Waals surface area (Å²) in [4.78, 5) is 9.58. The van der Waals surface area contributed by atoms with E-state index in [1.165, 1.54) is 6.92 Å². The Balaban J connectivity index is 4.17. The topological polar surface area (TPSA) is 75.7 Å². The highest BCUT2D eigenvalue weighted by atomic mass is 16.6. The molecule has 1 unspecified atom stereocenters. The molecule has 5 nitrogen and oxygen atoms in total. The van der Waals surface area contributed by atoms with E-state index in [0.29, 0.717) is 6.42 Å². The molecule has 0 aromatic carbocycles. The Morgan fingerprint density at radius 3 is 2.50 bits per heavy atom. The van der Waals surface area contributed by atoms with Gasteiger partial charge in [0.2, 0.25) is 0 Å². The molecule has 0 radical (unpaired) electrons. The first-order valence-corrected chi connectivity index (χ1v) is 2.97. The van der Waals surface area contributed by atoms with Gasteiger partial charge in [-0.3, -0.25) is 10.1 Å². The summed E-state index contributed by atoms with van der Waals surface area (Å²) in [7, 11) is 0. The third-order valence-corrected chi connectivity index (χ3v) is 1.29. The van der Waals surface area contributed by atoms with Crippen LogP contribution in [0, 0.1) is 10.1 Å². The number of hydrogen-bond donors (Lipinski definition) is 1. The number of oxime groups is 1. The zero-order valence-electron chi connectivity index (χ0n) is 5.94. The summed E-state index contributed by atoms with van der Waals surface area (Å²) < 4.78 is 0. The van der Waals surface area contributed by atoms with Crippen LogP contribution in [-0.4, -0.2) is 21.9 Å². The van der Waals surface area contributed by atoms with E-state index in [-0.39, 0.29) is 5.71 Å². The van der Waals surface area contributed by atoms with Crippen LogP contribution in [0.3, 0.4) is 0 Å².